The zero-order valence-corrected chi connectivity index (χ0v) is 41.4. The number of carbonyl (C=O) groups is 4. The minimum Gasteiger partial charge on any atom is -0.352 e. The van der Waals surface area contributed by atoms with Crippen LogP contribution in [-0.4, -0.2) is 55.0 Å². The second-order valence-electron chi connectivity index (χ2n) is 13.2. The molecular formula is C43H41Cl2N4O4Y3-3. The van der Waals surface area contributed by atoms with Crippen molar-refractivity contribution < 1.29 is 117 Å². The molecule has 56 heavy (non-hydrogen) atoms. The Bertz CT molecular complexity index is 2040. The van der Waals surface area contributed by atoms with Gasteiger partial charge in [-0.3, -0.25) is 19.2 Å². The quantitative estimate of drug-likeness (QED) is 0.109. The van der Waals surface area contributed by atoms with Crippen molar-refractivity contribution in [2.75, 3.05) is 46.5 Å². The van der Waals surface area contributed by atoms with E-state index in [-0.39, 0.29) is 140 Å². The maximum Gasteiger partial charge on any atom is 0.243 e. The number of hydrogen-bond acceptors (Lipinski definition) is 4. The number of carbonyl (C=O) groups excluding carboxylic acids is 4. The van der Waals surface area contributed by atoms with Crippen LogP contribution in [0.15, 0.2) is 84.9 Å². The average molecular weight is 1020 g/mol. The Morgan fingerprint density at radius 3 is 1.62 bits per heavy atom. The topological polar surface area (TPSA) is 98.8 Å². The predicted molar refractivity (Wildman–Crippen MR) is 214 cm³/mol. The number of alkyl halides is 2. The Balaban J connectivity index is 0.000000379. The van der Waals surface area contributed by atoms with Crippen molar-refractivity contribution in [1.29, 1.82) is 0 Å². The average Bonchev–Trinajstić information content (AvgIpc) is 3.77. The molecule has 0 fully saturated rings. The van der Waals surface area contributed by atoms with Crippen LogP contribution >= 0.6 is 23.2 Å². The van der Waals surface area contributed by atoms with Crippen LogP contribution in [0.5, 0.6) is 0 Å². The third kappa shape index (κ3) is 11.5. The standard InChI is InChI=1S/C31H26Cl2N2O2.C12H15N2O2.3Y/c32-16-22-18-34(26-14-12-20-6-1-3-8-24(20)30(22)26)28(36)10-5-11-29(37)35-19-23(17-33)31-25-9-4-2-7-21(25)13-15-27(31)35;1-3-11(15)13-8-12(16)14-10-6-4-9(2)5-7-10;;;/h1-4,6-9,14-15,22-23H,5,10-11,16-19H2;4-7H,2-3,8H2,1H3,(H,13,15)(H,14,16);;;/q-2;-1;;;/t22-,23-;;;;/m1..../s1. The molecule has 7 rings (SSSR count). The summed E-state index contributed by atoms with van der Waals surface area (Å²) in [5.74, 6) is 0.732. The number of nitrogens with one attached hydrogen (secondary N) is 2. The summed E-state index contributed by atoms with van der Waals surface area (Å²) in [4.78, 5) is 52.5. The molecule has 4 amide bonds. The smallest absolute Gasteiger partial charge is 0.243 e. The fraction of sp³-hybridized carbons (Fsp3) is 0.279. The number of benzene rings is 5. The number of fused-ring (bicyclic) bond motifs is 6. The molecule has 5 aromatic rings. The van der Waals surface area contributed by atoms with Gasteiger partial charge < -0.3 is 20.4 Å². The van der Waals surface area contributed by atoms with Crippen LogP contribution in [0.3, 0.4) is 0 Å². The van der Waals surface area contributed by atoms with Crippen molar-refractivity contribution in [2.24, 2.45) is 0 Å². The summed E-state index contributed by atoms with van der Waals surface area (Å²) in [5, 5.41) is 9.43. The Labute approximate surface area is 414 Å². The van der Waals surface area contributed by atoms with E-state index in [0.29, 0.717) is 56.2 Å². The number of anilines is 3. The SMILES string of the molecule is O=C(CCCC(=O)N1C[C@@H](CCl)c2c1c[c-]c1ccccc21)N1C[C@@H](CCl)c2c1c[c-]c1ccccc21.[CH2-]c1ccc(NC(=O)CNC(=O)CC)cc1.[Y].[Y].[Y]. The molecule has 283 valence electrons. The summed E-state index contributed by atoms with van der Waals surface area (Å²) < 4.78 is 0. The molecule has 0 saturated carbocycles. The van der Waals surface area contributed by atoms with Crippen LogP contribution < -0.4 is 20.4 Å². The third-order valence-electron chi connectivity index (χ3n) is 9.68. The van der Waals surface area contributed by atoms with Crippen LogP contribution in [0.25, 0.3) is 21.5 Å². The minimum atomic E-state index is -0.237. The Hall–Kier alpha value is -1.74. The van der Waals surface area contributed by atoms with Gasteiger partial charge in [-0.2, -0.15) is 24.6 Å². The molecule has 0 unspecified atom stereocenters. The molecule has 2 heterocycles. The first-order chi connectivity index (χ1) is 25.7. The number of nitrogens with zero attached hydrogens (tertiary/aromatic N) is 2. The van der Waals surface area contributed by atoms with Gasteiger partial charge in [-0.1, -0.05) is 54.4 Å². The van der Waals surface area contributed by atoms with E-state index in [1.165, 1.54) is 0 Å². The van der Waals surface area contributed by atoms with Crippen molar-refractivity contribution in [3.63, 3.8) is 0 Å². The van der Waals surface area contributed by atoms with Crippen LogP contribution in [0, 0.1) is 19.1 Å². The molecule has 0 aliphatic carbocycles. The largest absolute Gasteiger partial charge is 0.352 e. The van der Waals surface area contributed by atoms with Gasteiger partial charge in [0.2, 0.25) is 23.6 Å². The van der Waals surface area contributed by atoms with Gasteiger partial charge in [0.15, 0.2) is 0 Å². The Morgan fingerprint density at radius 2 is 1.18 bits per heavy atom. The fourth-order valence-electron chi connectivity index (χ4n) is 7.02. The van der Waals surface area contributed by atoms with Gasteiger partial charge in [0.25, 0.3) is 0 Å². The summed E-state index contributed by atoms with van der Waals surface area (Å²) >= 11 is 12.6. The predicted octanol–water partition coefficient (Wildman–Crippen LogP) is 8.13. The van der Waals surface area contributed by atoms with Crippen molar-refractivity contribution >= 4 is 85.4 Å². The van der Waals surface area contributed by atoms with Gasteiger partial charge in [0.05, 0.1) is 6.54 Å². The molecule has 3 radical (unpaired) electrons. The summed E-state index contributed by atoms with van der Waals surface area (Å²) in [6.45, 7) is 6.60. The number of rotatable bonds is 10. The number of halogens is 2. The van der Waals surface area contributed by atoms with E-state index in [2.05, 4.69) is 41.8 Å². The Kier molecular flexibility index (Phi) is 20.1. The van der Waals surface area contributed by atoms with Crippen LogP contribution in [0.4, 0.5) is 17.1 Å². The van der Waals surface area contributed by atoms with E-state index in [1.807, 2.05) is 58.3 Å². The van der Waals surface area contributed by atoms with Crippen LogP contribution in [-0.2, 0) is 117 Å². The molecule has 0 aromatic heterocycles. The van der Waals surface area contributed by atoms with E-state index >= 15 is 0 Å². The summed E-state index contributed by atoms with van der Waals surface area (Å²) in [6.07, 6.45) is 1.47. The van der Waals surface area contributed by atoms with Gasteiger partial charge in [0.1, 0.15) is 0 Å². The Morgan fingerprint density at radius 1 is 0.714 bits per heavy atom. The van der Waals surface area contributed by atoms with Gasteiger partial charge in [0, 0.05) is 160 Å². The van der Waals surface area contributed by atoms with Crippen molar-refractivity contribution in [1.82, 2.24) is 5.32 Å². The maximum absolute atomic E-state index is 13.3. The van der Waals surface area contributed by atoms with Crippen LogP contribution in [0.1, 0.15) is 61.1 Å². The molecule has 0 saturated heterocycles. The minimum absolute atomic E-state index is 0. The first kappa shape index (κ1) is 48.6. The van der Waals surface area contributed by atoms with Gasteiger partial charge in [-0.15, -0.1) is 93.3 Å². The molecule has 2 N–H and O–H groups in total. The molecule has 5 aromatic carbocycles. The second-order valence-corrected chi connectivity index (χ2v) is 13.8. The summed E-state index contributed by atoms with van der Waals surface area (Å²) in [5.41, 5.74) is 5.61. The van der Waals surface area contributed by atoms with Crippen LogP contribution in [0.2, 0.25) is 0 Å². The molecule has 2 aliphatic rings. The van der Waals surface area contributed by atoms with Gasteiger partial charge in [-0.25, -0.2) is 0 Å². The van der Waals surface area contributed by atoms with E-state index < -0.39 is 0 Å². The van der Waals surface area contributed by atoms with E-state index in [0.717, 1.165) is 49.6 Å². The number of hydrogen-bond donors (Lipinski definition) is 2. The molecule has 13 heteroatoms. The molecule has 2 atom stereocenters. The molecular weight excluding hydrogens is 974 g/mol. The fourth-order valence-corrected chi connectivity index (χ4v) is 7.52. The van der Waals surface area contributed by atoms with E-state index in [1.54, 1.807) is 31.2 Å². The zero-order chi connectivity index (χ0) is 37.5. The molecule has 0 spiro atoms. The number of amides is 4. The summed E-state index contributed by atoms with van der Waals surface area (Å²) in [7, 11) is 0. The van der Waals surface area contributed by atoms with Crippen molar-refractivity contribution in [2.45, 2.75) is 44.4 Å². The van der Waals surface area contributed by atoms with Crippen molar-refractivity contribution in [3.8, 4) is 0 Å². The summed E-state index contributed by atoms with van der Waals surface area (Å²) in [6, 6.07) is 33.8. The van der Waals surface area contributed by atoms with E-state index in [4.69, 9.17) is 23.2 Å². The molecule has 0 bridgehead atoms. The monoisotopic (exact) mass is 1010 g/mol. The van der Waals surface area contributed by atoms with Gasteiger partial charge >= 0.3 is 0 Å². The molecule has 2 aliphatic heterocycles. The first-order valence-electron chi connectivity index (χ1n) is 17.8. The van der Waals surface area contributed by atoms with Crippen molar-refractivity contribution in [3.05, 3.63) is 121 Å². The van der Waals surface area contributed by atoms with E-state index in [9.17, 15) is 19.2 Å². The second kappa shape index (κ2) is 23.2. The normalized spacial score (nSPS) is 14.9. The van der Waals surface area contributed by atoms with Gasteiger partial charge in [-0.05, 0) is 17.8 Å². The first-order valence-corrected chi connectivity index (χ1v) is 18.9. The zero-order valence-electron chi connectivity index (χ0n) is 31.3. The third-order valence-corrected chi connectivity index (χ3v) is 10.4. The maximum atomic E-state index is 13.3. The molecule has 8 nitrogen and oxygen atoms in total.